The number of rotatable bonds is 1. The zero-order valence-corrected chi connectivity index (χ0v) is 9.86. The van der Waals surface area contributed by atoms with Crippen molar-refractivity contribution in [3.63, 3.8) is 0 Å². The number of ether oxygens (including phenoxy) is 1. The number of carbonyl (C=O) groups excluding carboxylic acids is 1. The van der Waals surface area contributed by atoms with Gasteiger partial charge < -0.3 is 20.5 Å². The molecule has 1 aliphatic heterocycles. The summed E-state index contributed by atoms with van der Waals surface area (Å²) in [7, 11) is 0. The maximum absolute atomic E-state index is 13.4. The van der Waals surface area contributed by atoms with Gasteiger partial charge >= 0.3 is 6.09 Å². The van der Waals surface area contributed by atoms with Crippen LogP contribution in [-0.4, -0.2) is 53.1 Å². The molecule has 0 bridgehead atoms. The van der Waals surface area contributed by atoms with Crippen LogP contribution in [0, 0.1) is 0 Å². The number of carbonyl (C=O) groups is 1. The van der Waals surface area contributed by atoms with Crippen molar-refractivity contribution in [1.29, 1.82) is 0 Å². The summed E-state index contributed by atoms with van der Waals surface area (Å²) in [5.74, 6) is 0. The zero-order valence-electron chi connectivity index (χ0n) is 9.86. The smallest absolute Gasteiger partial charge is 0.410 e. The molecule has 1 heterocycles. The SMILES string of the molecule is CC(C)(C)OC(=O)N1CC(F)C(O)(CN)C1. The third kappa shape index (κ3) is 2.82. The van der Waals surface area contributed by atoms with Crippen LogP contribution in [0.4, 0.5) is 9.18 Å². The number of β-amino-alcohol motifs (C(OH)–C–C–N with tert-alkyl or cyclic N) is 1. The lowest BCUT2D eigenvalue weighted by atomic mass is 10.0. The number of halogens is 1. The number of aliphatic hydroxyl groups is 1. The van der Waals surface area contributed by atoms with Gasteiger partial charge in [-0.1, -0.05) is 0 Å². The average molecular weight is 234 g/mol. The molecule has 1 aliphatic rings. The van der Waals surface area contributed by atoms with Crippen LogP contribution in [0.1, 0.15) is 20.8 Å². The number of hydrogen-bond acceptors (Lipinski definition) is 4. The first-order chi connectivity index (χ1) is 7.18. The number of nitrogens with two attached hydrogens (primary N) is 1. The molecular weight excluding hydrogens is 215 g/mol. The minimum Gasteiger partial charge on any atom is -0.444 e. The Labute approximate surface area is 94.4 Å². The van der Waals surface area contributed by atoms with Gasteiger partial charge in [0, 0.05) is 6.54 Å². The molecule has 1 saturated heterocycles. The normalized spacial score (nSPS) is 30.6. The van der Waals surface area contributed by atoms with Gasteiger partial charge in [-0.3, -0.25) is 0 Å². The standard InChI is InChI=1S/C10H19FN2O3/c1-9(2,3)16-8(14)13-4-7(11)10(15,5-12)6-13/h7,15H,4-6,12H2,1-3H3. The highest BCUT2D eigenvalue weighted by Crippen LogP contribution is 2.25. The molecular formula is C10H19FN2O3. The van der Waals surface area contributed by atoms with Gasteiger partial charge in [-0.2, -0.15) is 0 Å². The largest absolute Gasteiger partial charge is 0.444 e. The summed E-state index contributed by atoms with van der Waals surface area (Å²) < 4.78 is 18.5. The highest BCUT2D eigenvalue weighted by atomic mass is 19.1. The molecule has 0 radical (unpaired) electrons. The van der Waals surface area contributed by atoms with Gasteiger partial charge in [0.2, 0.25) is 0 Å². The lowest BCUT2D eigenvalue weighted by molar-refractivity contribution is -0.0000261. The number of alkyl halides is 1. The molecule has 0 spiro atoms. The Morgan fingerprint density at radius 1 is 1.69 bits per heavy atom. The van der Waals surface area contributed by atoms with Crippen molar-refractivity contribution in [2.24, 2.45) is 5.73 Å². The quantitative estimate of drug-likeness (QED) is 0.682. The van der Waals surface area contributed by atoms with Gasteiger partial charge in [0.1, 0.15) is 17.4 Å². The fraction of sp³-hybridized carbons (Fsp3) is 0.900. The molecule has 1 amide bonds. The Balaban J connectivity index is 2.62. The third-order valence-electron chi connectivity index (χ3n) is 2.43. The van der Waals surface area contributed by atoms with E-state index in [-0.39, 0.29) is 19.6 Å². The van der Waals surface area contributed by atoms with Crippen LogP contribution >= 0.6 is 0 Å². The fourth-order valence-corrected chi connectivity index (χ4v) is 1.52. The highest BCUT2D eigenvalue weighted by Gasteiger charge is 2.47. The fourth-order valence-electron chi connectivity index (χ4n) is 1.52. The van der Waals surface area contributed by atoms with Gasteiger partial charge in [0.15, 0.2) is 0 Å². The molecule has 1 fully saturated rings. The Kier molecular flexibility index (Phi) is 3.44. The number of nitrogens with zero attached hydrogens (tertiary/aromatic N) is 1. The summed E-state index contributed by atoms with van der Waals surface area (Å²) in [5.41, 5.74) is 3.00. The maximum atomic E-state index is 13.4. The van der Waals surface area contributed by atoms with Crippen LogP contribution < -0.4 is 5.73 Å². The van der Waals surface area contributed by atoms with E-state index >= 15 is 0 Å². The molecule has 6 heteroatoms. The Morgan fingerprint density at radius 3 is 2.62 bits per heavy atom. The van der Waals surface area contributed by atoms with Crippen molar-refractivity contribution in [2.45, 2.75) is 38.1 Å². The molecule has 1 rings (SSSR count). The van der Waals surface area contributed by atoms with Crippen LogP contribution in [-0.2, 0) is 4.74 Å². The first kappa shape index (κ1) is 13.2. The zero-order chi connectivity index (χ0) is 12.6. The van der Waals surface area contributed by atoms with Crippen LogP contribution in [0.2, 0.25) is 0 Å². The van der Waals surface area contributed by atoms with E-state index in [2.05, 4.69) is 0 Å². The molecule has 16 heavy (non-hydrogen) atoms. The molecule has 0 aliphatic carbocycles. The van der Waals surface area contributed by atoms with Gasteiger partial charge in [-0.25, -0.2) is 9.18 Å². The highest BCUT2D eigenvalue weighted by molar-refractivity contribution is 5.69. The monoisotopic (exact) mass is 234 g/mol. The van der Waals surface area contributed by atoms with Crippen molar-refractivity contribution < 1.29 is 19.0 Å². The van der Waals surface area contributed by atoms with Crippen LogP contribution in [0.25, 0.3) is 0 Å². The van der Waals surface area contributed by atoms with E-state index in [0.717, 1.165) is 4.90 Å². The topological polar surface area (TPSA) is 75.8 Å². The van der Waals surface area contributed by atoms with E-state index in [9.17, 15) is 14.3 Å². The van der Waals surface area contributed by atoms with Gasteiger partial charge in [-0.15, -0.1) is 0 Å². The Morgan fingerprint density at radius 2 is 2.25 bits per heavy atom. The summed E-state index contributed by atoms with van der Waals surface area (Å²) in [6, 6.07) is 0. The second-order valence-corrected chi connectivity index (χ2v) is 5.14. The molecule has 0 aromatic heterocycles. The van der Waals surface area contributed by atoms with Gasteiger partial charge in [0.05, 0.1) is 13.1 Å². The van der Waals surface area contributed by atoms with Crippen molar-refractivity contribution >= 4 is 6.09 Å². The predicted octanol–water partition coefficient (Wildman–Crippen LogP) is 0.265. The first-order valence-corrected chi connectivity index (χ1v) is 5.22. The molecule has 3 N–H and O–H groups in total. The minimum absolute atomic E-state index is 0.125. The number of likely N-dealkylation sites (tertiary alicyclic amines) is 1. The van der Waals surface area contributed by atoms with E-state index in [0.29, 0.717) is 0 Å². The minimum atomic E-state index is -1.64. The second-order valence-electron chi connectivity index (χ2n) is 5.14. The van der Waals surface area contributed by atoms with E-state index in [1.165, 1.54) is 0 Å². The summed E-state index contributed by atoms with van der Waals surface area (Å²) in [6.45, 7) is 4.66. The van der Waals surface area contributed by atoms with Crippen LogP contribution in [0.3, 0.4) is 0 Å². The molecule has 2 unspecified atom stereocenters. The van der Waals surface area contributed by atoms with Crippen molar-refractivity contribution in [3.05, 3.63) is 0 Å². The van der Waals surface area contributed by atoms with E-state index in [1.54, 1.807) is 20.8 Å². The third-order valence-corrected chi connectivity index (χ3v) is 2.43. The molecule has 5 nitrogen and oxygen atoms in total. The Bertz CT molecular complexity index is 280. The summed E-state index contributed by atoms with van der Waals surface area (Å²) in [4.78, 5) is 12.7. The average Bonchev–Trinajstić information content (AvgIpc) is 2.41. The van der Waals surface area contributed by atoms with Gasteiger partial charge in [-0.05, 0) is 20.8 Å². The Hall–Kier alpha value is -0.880. The maximum Gasteiger partial charge on any atom is 0.410 e. The summed E-state index contributed by atoms with van der Waals surface area (Å²) in [5, 5.41) is 9.74. The van der Waals surface area contributed by atoms with Crippen molar-refractivity contribution in [3.8, 4) is 0 Å². The molecule has 0 saturated carbocycles. The summed E-state index contributed by atoms with van der Waals surface area (Å²) in [6.07, 6.45) is -2.15. The van der Waals surface area contributed by atoms with Crippen LogP contribution in [0.15, 0.2) is 0 Å². The van der Waals surface area contributed by atoms with Crippen LogP contribution in [0.5, 0.6) is 0 Å². The van der Waals surface area contributed by atoms with E-state index in [4.69, 9.17) is 10.5 Å². The lowest BCUT2D eigenvalue weighted by Gasteiger charge is -2.25. The van der Waals surface area contributed by atoms with E-state index in [1.807, 2.05) is 0 Å². The molecule has 94 valence electrons. The first-order valence-electron chi connectivity index (χ1n) is 5.22. The number of hydrogen-bond donors (Lipinski definition) is 2. The number of amides is 1. The molecule has 0 aromatic carbocycles. The molecule has 0 aromatic rings. The summed E-state index contributed by atoms with van der Waals surface area (Å²) >= 11 is 0. The van der Waals surface area contributed by atoms with Crippen molar-refractivity contribution in [1.82, 2.24) is 4.90 Å². The van der Waals surface area contributed by atoms with Crippen molar-refractivity contribution in [2.75, 3.05) is 19.6 Å². The second kappa shape index (κ2) is 4.18. The van der Waals surface area contributed by atoms with Gasteiger partial charge in [0.25, 0.3) is 0 Å². The molecule has 2 atom stereocenters. The predicted molar refractivity (Wildman–Crippen MR) is 56.7 cm³/mol. The van der Waals surface area contributed by atoms with E-state index < -0.39 is 23.5 Å². The lowest BCUT2D eigenvalue weighted by Crippen LogP contribution is -2.47.